The van der Waals surface area contributed by atoms with Gasteiger partial charge in [0.15, 0.2) is 5.75 Å². The van der Waals surface area contributed by atoms with Crippen molar-refractivity contribution in [2.45, 2.75) is 13.0 Å². The highest BCUT2D eigenvalue weighted by Gasteiger charge is 2.25. The summed E-state index contributed by atoms with van der Waals surface area (Å²) < 4.78 is 2.58. The van der Waals surface area contributed by atoms with Crippen molar-refractivity contribution in [2.24, 2.45) is 7.05 Å². The molecule has 0 radical (unpaired) electrons. The molecule has 3 aromatic rings. The maximum Gasteiger partial charge on any atom is 0.325 e. The molecule has 3 N–H and O–H groups in total. The number of hydrogen-bond acceptors (Lipinski definition) is 5. The minimum atomic E-state index is -1.23. The first-order valence-electron chi connectivity index (χ1n) is 7.09. The highest BCUT2D eigenvalue weighted by molar-refractivity contribution is 7.26. The standard InChI is InChI=1S/C16H14N2O5S/c1-7(16(22)23)17-14(20)10-12(19)13-11(18(2)15(10)21)8-5-3-4-6-9(8)24-13/h3-7,19H,1-2H3,(H,17,20)(H,22,23)/t7-/m0/s1. The van der Waals surface area contributed by atoms with Gasteiger partial charge in [-0.2, -0.15) is 0 Å². The summed E-state index contributed by atoms with van der Waals surface area (Å²) in [6.07, 6.45) is 0. The number of nitrogens with zero attached hydrogens (tertiary/aromatic N) is 1. The topological polar surface area (TPSA) is 109 Å². The zero-order valence-corrected chi connectivity index (χ0v) is 13.7. The van der Waals surface area contributed by atoms with E-state index in [1.165, 1.54) is 29.9 Å². The van der Waals surface area contributed by atoms with Crippen LogP contribution in [0.3, 0.4) is 0 Å². The second-order valence-corrected chi connectivity index (χ2v) is 6.45. The van der Waals surface area contributed by atoms with Crippen molar-refractivity contribution in [3.05, 3.63) is 40.2 Å². The van der Waals surface area contributed by atoms with E-state index in [1.807, 2.05) is 24.3 Å². The monoisotopic (exact) mass is 346 g/mol. The summed E-state index contributed by atoms with van der Waals surface area (Å²) >= 11 is 1.26. The van der Waals surface area contributed by atoms with Crippen molar-refractivity contribution in [2.75, 3.05) is 0 Å². The molecule has 124 valence electrons. The maximum atomic E-state index is 12.5. The summed E-state index contributed by atoms with van der Waals surface area (Å²) in [7, 11) is 1.51. The number of rotatable bonds is 3. The molecule has 1 aromatic carbocycles. The lowest BCUT2D eigenvalue weighted by Crippen LogP contribution is -2.41. The number of carboxylic acid groups (broad SMARTS) is 1. The Labute approximate surface area is 139 Å². The summed E-state index contributed by atoms with van der Waals surface area (Å²) in [4.78, 5) is 35.7. The molecule has 7 nitrogen and oxygen atoms in total. The quantitative estimate of drug-likeness (QED) is 0.668. The van der Waals surface area contributed by atoms with Gasteiger partial charge in [0, 0.05) is 17.1 Å². The second kappa shape index (κ2) is 5.64. The number of benzene rings is 1. The van der Waals surface area contributed by atoms with Crippen molar-refractivity contribution in [3.63, 3.8) is 0 Å². The molecule has 2 aromatic heterocycles. The van der Waals surface area contributed by atoms with E-state index in [9.17, 15) is 19.5 Å². The lowest BCUT2D eigenvalue weighted by Gasteiger charge is -2.12. The molecule has 0 aliphatic heterocycles. The van der Waals surface area contributed by atoms with Crippen LogP contribution in [-0.4, -0.2) is 32.7 Å². The number of carboxylic acids is 1. The summed E-state index contributed by atoms with van der Waals surface area (Å²) in [5, 5.41) is 22.3. The van der Waals surface area contributed by atoms with E-state index < -0.39 is 34.8 Å². The van der Waals surface area contributed by atoms with E-state index in [0.717, 1.165) is 10.1 Å². The molecule has 0 saturated heterocycles. The predicted molar refractivity (Wildman–Crippen MR) is 90.8 cm³/mol. The predicted octanol–water partition coefficient (Wildman–Crippen LogP) is 1.66. The first-order chi connectivity index (χ1) is 11.3. The number of carbonyl (C=O) groups is 2. The molecule has 0 unspecified atom stereocenters. The number of nitrogens with one attached hydrogen (secondary N) is 1. The number of fused-ring (bicyclic) bond motifs is 3. The zero-order valence-electron chi connectivity index (χ0n) is 12.9. The third kappa shape index (κ3) is 2.31. The molecule has 0 aliphatic rings. The highest BCUT2D eigenvalue weighted by Crippen LogP contribution is 2.38. The lowest BCUT2D eigenvalue weighted by molar-refractivity contribution is -0.138. The third-order valence-corrected chi connectivity index (χ3v) is 4.99. The fraction of sp³-hybridized carbons (Fsp3) is 0.188. The van der Waals surface area contributed by atoms with Crippen LogP contribution in [0.4, 0.5) is 0 Å². The van der Waals surface area contributed by atoms with Crippen LogP contribution in [0.15, 0.2) is 29.1 Å². The van der Waals surface area contributed by atoms with Gasteiger partial charge >= 0.3 is 5.97 Å². The SMILES string of the molecule is C[C@H](NC(=O)c1c(O)c2sc3ccccc3c2n(C)c1=O)C(=O)O. The van der Waals surface area contributed by atoms with Crippen LogP contribution in [0, 0.1) is 0 Å². The van der Waals surface area contributed by atoms with Crippen molar-refractivity contribution < 1.29 is 19.8 Å². The van der Waals surface area contributed by atoms with Gasteiger partial charge in [0.2, 0.25) is 0 Å². The van der Waals surface area contributed by atoms with Crippen LogP contribution in [0.25, 0.3) is 20.3 Å². The largest absolute Gasteiger partial charge is 0.505 e. The minimum Gasteiger partial charge on any atom is -0.505 e. The van der Waals surface area contributed by atoms with Gasteiger partial charge in [-0.3, -0.25) is 14.4 Å². The fourth-order valence-electron chi connectivity index (χ4n) is 2.54. The van der Waals surface area contributed by atoms with Crippen molar-refractivity contribution in [1.82, 2.24) is 9.88 Å². The molecule has 0 aliphatic carbocycles. The number of carbonyl (C=O) groups excluding carboxylic acids is 1. The van der Waals surface area contributed by atoms with Crippen molar-refractivity contribution in [3.8, 4) is 5.75 Å². The first kappa shape index (κ1) is 16.0. The molecular formula is C16H14N2O5S. The van der Waals surface area contributed by atoms with Crippen molar-refractivity contribution in [1.29, 1.82) is 0 Å². The smallest absolute Gasteiger partial charge is 0.325 e. The molecule has 0 bridgehead atoms. The molecule has 1 atom stereocenters. The Kier molecular flexibility index (Phi) is 3.76. The van der Waals surface area contributed by atoms with Crippen LogP contribution in [-0.2, 0) is 11.8 Å². The number of pyridine rings is 1. The summed E-state index contributed by atoms with van der Waals surface area (Å²) in [5.74, 6) is -2.57. The number of amides is 1. The van der Waals surface area contributed by atoms with Crippen molar-refractivity contribution >= 4 is 43.5 Å². The molecule has 24 heavy (non-hydrogen) atoms. The molecule has 3 rings (SSSR count). The Bertz CT molecular complexity index is 1050. The van der Waals surface area contributed by atoms with E-state index in [1.54, 1.807) is 0 Å². The molecule has 8 heteroatoms. The second-order valence-electron chi connectivity index (χ2n) is 5.40. The number of thiophene rings is 1. The van der Waals surface area contributed by atoms with Gasteiger partial charge in [-0.15, -0.1) is 11.3 Å². The number of aromatic hydroxyl groups is 1. The van der Waals surface area contributed by atoms with E-state index >= 15 is 0 Å². The Balaban J connectivity index is 2.27. The third-order valence-electron chi connectivity index (χ3n) is 3.82. The molecular weight excluding hydrogens is 332 g/mol. The molecule has 0 saturated carbocycles. The van der Waals surface area contributed by atoms with Gasteiger partial charge in [0.05, 0.1) is 10.2 Å². The first-order valence-corrected chi connectivity index (χ1v) is 7.91. The number of hydrogen-bond donors (Lipinski definition) is 3. The highest BCUT2D eigenvalue weighted by atomic mass is 32.1. The number of aliphatic carboxylic acids is 1. The van der Waals surface area contributed by atoms with Crippen LogP contribution in [0.5, 0.6) is 5.75 Å². The Hall–Kier alpha value is -2.87. The zero-order chi connectivity index (χ0) is 17.6. The van der Waals surface area contributed by atoms with E-state index in [2.05, 4.69) is 5.32 Å². The van der Waals surface area contributed by atoms with Crippen LogP contribution in [0.2, 0.25) is 0 Å². The Morgan fingerprint density at radius 2 is 1.96 bits per heavy atom. The number of aryl methyl sites for hydroxylation is 1. The normalized spacial score (nSPS) is 12.4. The Morgan fingerprint density at radius 3 is 2.62 bits per heavy atom. The van der Waals surface area contributed by atoms with Crippen LogP contribution >= 0.6 is 11.3 Å². The van der Waals surface area contributed by atoms with E-state index in [4.69, 9.17) is 5.11 Å². The van der Waals surface area contributed by atoms with Gasteiger partial charge in [-0.1, -0.05) is 18.2 Å². The Morgan fingerprint density at radius 1 is 1.29 bits per heavy atom. The maximum absolute atomic E-state index is 12.5. The van der Waals surface area contributed by atoms with Crippen LogP contribution in [0.1, 0.15) is 17.3 Å². The van der Waals surface area contributed by atoms with Gasteiger partial charge in [-0.05, 0) is 13.0 Å². The van der Waals surface area contributed by atoms with E-state index in [0.29, 0.717) is 10.2 Å². The fourth-order valence-corrected chi connectivity index (χ4v) is 3.73. The summed E-state index contributed by atoms with van der Waals surface area (Å²) in [5.41, 5.74) is -0.593. The summed E-state index contributed by atoms with van der Waals surface area (Å²) in [6, 6.07) is 6.18. The van der Waals surface area contributed by atoms with Crippen LogP contribution < -0.4 is 10.9 Å². The summed E-state index contributed by atoms with van der Waals surface area (Å²) in [6.45, 7) is 1.28. The van der Waals surface area contributed by atoms with Gasteiger partial charge in [0.1, 0.15) is 11.6 Å². The average Bonchev–Trinajstić information content (AvgIpc) is 2.92. The lowest BCUT2D eigenvalue weighted by atomic mass is 10.1. The van der Waals surface area contributed by atoms with Gasteiger partial charge < -0.3 is 20.1 Å². The minimum absolute atomic E-state index is 0.409. The molecule has 1 amide bonds. The van der Waals surface area contributed by atoms with Gasteiger partial charge in [0.25, 0.3) is 11.5 Å². The molecule has 0 fully saturated rings. The average molecular weight is 346 g/mol. The molecule has 0 spiro atoms. The molecule has 2 heterocycles. The number of aromatic nitrogens is 1. The van der Waals surface area contributed by atoms with E-state index in [-0.39, 0.29) is 0 Å². The van der Waals surface area contributed by atoms with Gasteiger partial charge in [-0.25, -0.2) is 0 Å².